The zero-order valence-corrected chi connectivity index (χ0v) is 13.6. The molecule has 1 aliphatic heterocycles. The van der Waals surface area contributed by atoms with Gasteiger partial charge in [0, 0.05) is 44.2 Å². The molecule has 2 rings (SSSR count). The van der Waals surface area contributed by atoms with E-state index in [2.05, 4.69) is 10.1 Å². The van der Waals surface area contributed by atoms with Crippen LogP contribution in [0.15, 0.2) is 24.3 Å². The number of rotatable bonds is 5. The first-order valence-electron chi connectivity index (χ1n) is 7.47. The van der Waals surface area contributed by atoms with Crippen LogP contribution in [-0.2, 0) is 19.1 Å². The molecular weight excluding hydrogens is 314 g/mol. The van der Waals surface area contributed by atoms with Gasteiger partial charge in [0.15, 0.2) is 0 Å². The topological polar surface area (TPSA) is 96.0 Å². The Hall–Kier alpha value is -2.90. The molecule has 8 nitrogen and oxygen atoms in total. The van der Waals surface area contributed by atoms with E-state index in [9.17, 15) is 19.2 Å². The van der Waals surface area contributed by atoms with Gasteiger partial charge in [-0.1, -0.05) is 0 Å². The molecule has 1 aromatic carbocycles. The summed E-state index contributed by atoms with van der Waals surface area (Å²) < 4.78 is 4.62. The fraction of sp³-hybridized carbons (Fsp3) is 0.375. The van der Waals surface area contributed by atoms with Crippen molar-refractivity contribution in [1.82, 2.24) is 4.90 Å². The van der Waals surface area contributed by atoms with Gasteiger partial charge in [-0.15, -0.1) is 0 Å². The Morgan fingerprint density at radius 2 is 1.75 bits per heavy atom. The Bertz CT molecular complexity index is 640. The lowest BCUT2D eigenvalue weighted by Gasteiger charge is -2.16. The zero-order chi connectivity index (χ0) is 17.7. The summed E-state index contributed by atoms with van der Waals surface area (Å²) in [5.74, 6) is -0.762. The average molecular weight is 333 g/mol. The number of anilines is 2. The van der Waals surface area contributed by atoms with E-state index in [0.717, 1.165) is 4.90 Å². The number of carbonyl (C=O) groups is 4. The van der Waals surface area contributed by atoms with Crippen molar-refractivity contribution in [1.29, 1.82) is 0 Å². The van der Waals surface area contributed by atoms with Crippen LogP contribution in [0.4, 0.5) is 16.2 Å². The minimum Gasteiger partial charge on any atom is -0.452 e. The molecule has 0 saturated carbocycles. The third-order valence-corrected chi connectivity index (χ3v) is 3.70. The number of hydrogen-bond donors (Lipinski definition) is 1. The van der Waals surface area contributed by atoms with Gasteiger partial charge in [0.2, 0.25) is 17.7 Å². The monoisotopic (exact) mass is 333 g/mol. The van der Waals surface area contributed by atoms with Gasteiger partial charge in [-0.2, -0.15) is 0 Å². The minimum atomic E-state index is -0.494. The van der Waals surface area contributed by atoms with Gasteiger partial charge in [0.1, 0.15) is 0 Å². The molecule has 8 heteroatoms. The standard InChI is InChI=1S/C16H19N3O5/c1-18(16(23)24-2)12-5-3-11(4-6-12)17-13(20)9-10-19-14(21)7-8-15(19)22/h3-6H,7-10H2,1-2H3,(H,17,20). The number of nitrogens with zero attached hydrogens (tertiary/aromatic N) is 2. The largest absolute Gasteiger partial charge is 0.452 e. The Morgan fingerprint density at radius 1 is 1.17 bits per heavy atom. The van der Waals surface area contributed by atoms with Crippen molar-refractivity contribution in [2.75, 3.05) is 30.9 Å². The first-order chi connectivity index (χ1) is 11.4. The minimum absolute atomic E-state index is 0.0430. The molecule has 1 aromatic rings. The zero-order valence-electron chi connectivity index (χ0n) is 13.6. The van der Waals surface area contributed by atoms with Crippen molar-refractivity contribution in [3.63, 3.8) is 0 Å². The van der Waals surface area contributed by atoms with Gasteiger partial charge in [0.05, 0.1) is 7.11 Å². The van der Waals surface area contributed by atoms with E-state index in [4.69, 9.17) is 0 Å². The quantitative estimate of drug-likeness (QED) is 0.821. The molecule has 128 valence electrons. The molecule has 0 unspecified atom stereocenters. The van der Waals surface area contributed by atoms with Crippen LogP contribution in [0.2, 0.25) is 0 Å². The lowest BCUT2D eigenvalue weighted by molar-refractivity contribution is -0.138. The summed E-state index contributed by atoms with van der Waals surface area (Å²) in [6.45, 7) is 0.0899. The maximum Gasteiger partial charge on any atom is 0.413 e. The molecule has 0 aromatic heterocycles. The van der Waals surface area contributed by atoms with Crippen LogP contribution in [0.25, 0.3) is 0 Å². The Balaban J connectivity index is 1.87. The second-order valence-corrected chi connectivity index (χ2v) is 5.31. The van der Waals surface area contributed by atoms with Crippen molar-refractivity contribution in [3.05, 3.63) is 24.3 Å². The van der Waals surface area contributed by atoms with Gasteiger partial charge in [-0.3, -0.25) is 24.2 Å². The van der Waals surface area contributed by atoms with Gasteiger partial charge in [0.25, 0.3) is 0 Å². The molecule has 1 N–H and O–H groups in total. The first-order valence-corrected chi connectivity index (χ1v) is 7.47. The predicted octanol–water partition coefficient (Wildman–Crippen LogP) is 1.37. The normalized spacial score (nSPS) is 13.8. The third kappa shape index (κ3) is 4.09. The fourth-order valence-corrected chi connectivity index (χ4v) is 2.32. The maximum atomic E-state index is 11.9. The first kappa shape index (κ1) is 17.5. The van der Waals surface area contributed by atoms with Crippen molar-refractivity contribution in [2.45, 2.75) is 19.3 Å². The highest BCUT2D eigenvalue weighted by atomic mass is 16.5. The maximum absolute atomic E-state index is 11.9. The molecule has 0 atom stereocenters. The number of imide groups is 1. The lowest BCUT2D eigenvalue weighted by Crippen LogP contribution is -2.32. The molecule has 4 amide bonds. The number of amides is 4. The fourth-order valence-electron chi connectivity index (χ4n) is 2.32. The van der Waals surface area contributed by atoms with E-state index < -0.39 is 6.09 Å². The molecule has 1 heterocycles. The summed E-state index contributed by atoms with van der Waals surface area (Å²) in [5.41, 5.74) is 1.18. The van der Waals surface area contributed by atoms with Crippen LogP contribution < -0.4 is 10.2 Å². The lowest BCUT2D eigenvalue weighted by atomic mass is 10.2. The summed E-state index contributed by atoms with van der Waals surface area (Å²) in [5, 5.41) is 2.68. The highest BCUT2D eigenvalue weighted by Crippen LogP contribution is 2.18. The number of nitrogens with one attached hydrogen (secondary N) is 1. The Morgan fingerprint density at radius 3 is 2.29 bits per heavy atom. The second kappa shape index (κ2) is 7.58. The summed E-state index contributed by atoms with van der Waals surface area (Å²) in [6.07, 6.45) is -0.0150. The van der Waals surface area contributed by atoms with Crippen LogP contribution in [0, 0.1) is 0 Å². The summed E-state index contributed by atoms with van der Waals surface area (Å²) in [7, 11) is 2.87. The highest BCUT2D eigenvalue weighted by molar-refractivity contribution is 6.02. The Labute approximate surface area is 139 Å². The number of likely N-dealkylation sites (tertiary alicyclic amines) is 1. The SMILES string of the molecule is COC(=O)N(C)c1ccc(NC(=O)CCN2C(=O)CCC2=O)cc1. The number of benzene rings is 1. The highest BCUT2D eigenvalue weighted by Gasteiger charge is 2.28. The van der Waals surface area contributed by atoms with E-state index in [0.29, 0.717) is 11.4 Å². The molecule has 1 aliphatic rings. The van der Waals surface area contributed by atoms with E-state index in [1.807, 2.05) is 0 Å². The Kier molecular flexibility index (Phi) is 5.51. The van der Waals surface area contributed by atoms with Crippen molar-refractivity contribution in [3.8, 4) is 0 Å². The van der Waals surface area contributed by atoms with Gasteiger partial charge >= 0.3 is 6.09 Å². The predicted molar refractivity (Wildman–Crippen MR) is 86.5 cm³/mol. The van der Waals surface area contributed by atoms with E-state index in [1.54, 1.807) is 31.3 Å². The summed E-state index contributed by atoms with van der Waals surface area (Å²) >= 11 is 0. The molecular formula is C16H19N3O5. The van der Waals surface area contributed by atoms with E-state index in [-0.39, 0.29) is 43.5 Å². The van der Waals surface area contributed by atoms with Crippen molar-refractivity contribution in [2.24, 2.45) is 0 Å². The van der Waals surface area contributed by atoms with E-state index in [1.165, 1.54) is 12.0 Å². The molecule has 1 saturated heterocycles. The molecule has 0 radical (unpaired) electrons. The smallest absolute Gasteiger partial charge is 0.413 e. The van der Waals surface area contributed by atoms with Crippen molar-refractivity contribution >= 4 is 35.2 Å². The average Bonchev–Trinajstić information content (AvgIpc) is 2.90. The van der Waals surface area contributed by atoms with E-state index >= 15 is 0 Å². The van der Waals surface area contributed by atoms with Crippen molar-refractivity contribution < 1.29 is 23.9 Å². The number of ether oxygens (including phenoxy) is 1. The second-order valence-electron chi connectivity index (χ2n) is 5.31. The van der Waals surface area contributed by atoms with Gasteiger partial charge in [-0.25, -0.2) is 4.79 Å². The van der Waals surface area contributed by atoms with Crippen LogP contribution >= 0.6 is 0 Å². The van der Waals surface area contributed by atoms with Crippen LogP contribution in [0.3, 0.4) is 0 Å². The number of carbonyl (C=O) groups excluding carboxylic acids is 4. The summed E-state index contributed by atoms with van der Waals surface area (Å²) in [6, 6.07) is 6.64. The molecule has 0 aliphatic carbocycles. The molecule has 1 fully saturated rings. The number of hydrogen-bond acceptors (Lipinski definition) is 5. The van der Waals surface area contributed by atoms with Crippen LogP contribution in [0.5, 0.6) is 0 Å². The van der Waals surface area contributed by atoms with Crippen LogP contribution in [0.1, 0.15) is 19.3 Å². The summed E-state index contributed by atoms with van der Waals surface area (Å²) in [4.78, 5) is 48.7. The third-order valence-electron chi connectivity index (χ3n) is 3.70. The molecule has 0 spiro atoms. The van der Waals surface area contributed by atoms with Gasteiger partial charge < -0.3 is 10.1 Å². The van der Waals surface area contributed by atoms with Crippen LogP contribution in [-0.4, -0.2) is 49.4 Å². The van der Waals surface area contributed by atoms with Gasteiger partial charge in [-0.05, 0) is 24.3 Å². The molecule has 24 heavy (non-hydrogen) atoms. The molecule has 0 bridgehead atoms. The number of methoxy groups -OCH3 is 1.